The molecule has 0 fully saturated rings. The molecule has 1 heterocycles. The minimum Gasteiger partial charge on any atom is -0.505 e. The molecule has 27 nitrogen and oxygen atoms in total. The Morgan fingerprint density at radius 2 is 1.18 bits per heavy atom. The molecule has 0 radical (unpaired) electrons. The van der Waals surface area contributed by atoms with E-state index in [1.165, 1.54) is 12.1 Å². The molecule has 5 aromatic rings. The van der Waals surface area contributed by atoms with Crippen LogP contribution in [0.15, 0.2) is 89.3 Å². The van der Waals surface area contributed by atoms with E-state index in [4.69, 9.17) is 16.2 Å². The average Bonchev–Trinajstić information content (AvgIpc) is 3.09. The molecule has 0 saturated heterocycles. The second-order valence-corrected chi connectivity index (χ2v) is 20.6. The number of aromatic nitrogens is 3. The van der Waals surface area contributed by atoms with Gasteiger partial charge < -0.3 is 20.8 Å². The summed E-state index contributed by atoms with van der Waals surface area (Å²) in [5.74, 6) is -5.33. The van der Waals surface area contributed by atoms with Crippen LogP contribution in [-0.2, 0) is 64.9 Å². The van der Waals surface area contributed by atoms with E-state index in [1.807, 2.05) is 0 Å². The van der Waals surface area contributed by atoms with Gasteiger partial charge in [-0.1, -0.05) is 12.1 Å². The van der Waals surface area contributed by atoms with Crippen molar-refractivity contribution < 1.29 is 87.7 Å². The zero-order valence-electron chi connectivity index (χ0n) is 29.1. The highest BCUT2D eigenvalue weighted by molar-refractivity contribution is 7.91. The largest absolute Gasteiger partial charge is 0.505 e. The van der Waals surface area contributed by atoms with Crippen LogP contribution in [0.2, 0.25) is 5.28 Å². The Hall–Kier alpha value is -5.30. The lowest BCUT2D eigenvalue weighted by molar-refractivity contribution is 0.284. The molecule has 0 bridgehead atoms. The smallest absolute Gasteiger partial charge is 0.397 e. The van der Waals surface area contributed by atoms with Crippen LogP contribution in [0.25, 0.3) is 10.8 Å². The maximum atomic E-state index is 12.9. The molecular weight excluding hydrogens is 970 g/mol. The van der Waals surface area contributed by atoms with Crippen LogP contribution in [0.3, 0.4) is 0 Å². The average molecular weight is 992 g/mol. The number of aromatic hydroxyl groups is 2. The summed E-state index contributed by atoms with van der Waals surface area (Å²) < 4.78 is 198. The lowest BCUT2D eigenvalue weighted by Gasteiger charge is -2.16. The van der Waals surface area contributed by atoms with Gasteiger partial charge in [-0.2, -0.15) is 57.0 Å². The molecule has 61 heavy (non-hydrogen) atoms. The van der Waals surface area contributed by atoms with Crippen LogP contribution in [0.5, 0.6) is 11.5 Å². The molecule has 34 heteroatoms. The third-order valence-electron chi connectivity index (χ3n) is 7.49. The number of anilines is 4. The van der Waals surface area contributed by atoms with Crippen molar-refractivity contribution in [3.63, 3.8) is 0 Å². The van der Waals surface area contributed by atoms with E-state index in [0.717, 1.165) is 24.3 Å². The highest BCUT2D eigenvalue weighted by Gasteiger charge is 2.30. The number of rotatable bonds is 15. The lowest BCUT2D eigenvalue weighted by Crippen LogP contribution is -2.16. The zero-order chi connectivity index (χ0) is 45.7. The SMILES string of the molecule is O=S(=O)(O)OCCS(=O)(=O)c1cc(Nc2nc(Cl)nc(Nc3ccc4c(O)c(N=Nc5ccccc5S(=O)(=O)O)c(S(=O)(=O)O)cc4c3S(=O)(=O)O)n2)c(O)c(S(=O)(=O)O)c1. The number of fused-ring (bicyclic) bond motifs is 1. The minimum atomic E-state index is -5.52. The highest BCUT2D eigenvalue weighted by atomic mass is 35.5. The summed E-state index contributed by atoms with van der Waals surface area (Å²) in [6, 6.07) is 7.33. The van der Waals surface area contributed by atoms with Crippen LogP contribution >= 0.6 is 11.6 Å². The third-order valence-corrected chi connectivity index (χ3v) is 13.4. The van der Waals surface area contributed by atoms with Gasteiger partial charge in [0.25, 0.3) is 40.5 Å². The first-order valence-electron chi connectivity index (χ1n) is 15.3. The second-order valence-electron chi connectivity index (χ2n) is 11.6. The first-order valence-corrected chi connectivity index (χ1v) is 24.4. The molecule has 1 aromatic heterocycles. The molecule has 0 atom stereocenters. The number of nitrogens with zero attached hydrogens (tertiary/aromatic N) is 5. The Balaban J connectivity index is 1.62. The Morgan fingerprint density at radius 1 is 0.607 bits per heavy atom. The summed E-state index contributed by atoms with van der Waals surface area (Å²) in [5, 5.41) is 31.1. The third kappa shape index (κ3) is 11.0. The fraction of sp³-hybridized carbons (Fsp3) is 0.0741. The van der Waals surface area contributed by atoms with E-state index in [0.29, 0.717) is 12.1 Å². The predicted molar refractivity (Wildman–Crippen MR) is 205 cm³/mol. The molecule has 0 saturated carbocycles. The zero-order valence-corrected chi connectivity index (χ0v) is 34.8. The molecule has 9 N–H and O–H groups in total. The summed E-state index contributed by atoms with van der Waals surface area (Å²) in [4.78, 5) is 5.38. The number of nitrogens with one attached hydrogen (secondary N) is 2. The Labute approximate surface area is 347 Å². The summed E-state index contributed by atoms with van der Waals surface area (Å²) in [6.07, 6.45) is 0. The van der Waals surface area contributed by atoms with Gasteiger partial charge in [-0.3, -0.25) is 22.8 Å². The van der Waals surface area contributed by atoms with Crippen molar-refractivity contribution in [1.82, 2.24) is 15.0 Å². The van der Waals surface area contributed by atoms with E-state index < -0.39 is 160 Å². The normalized spacial score (nSPS) is 13.1. The van der Waals surface area contributed by atoms with Crippen molar-refractivity contribution in [3.8, 4) is 11.5 Å². The van der Waals surface area contributed by atoms with Crippen LogP contribution in [0.1, 0.15) is 0 Å². The Kier molecular flexibility index (Phi) is 12.7. The number of azo groups is 1. The van der Waals surface area contributed by atoms with Crippen LogP contribution in [0.4, 0.5) is 34.6 Å². The fourth-order valence-electron chi connectivity index (χ4n) is 5.05. The van der Waals surface area contributed by atoms with E-state index in [9.17, 15) is 78.9 Å². The molecule has 0 unspecified atom stereocenters. The van der Waals surface area contributed by atoms with Gasteiger partial charge >= 0.3 is 10.4 Å². The van der Waals surface area contributed by atoms with Crippen molar-refractivity contribution in [1.29, 1.82) is 0 Å². The first-order chi connectivity index (χ1) is 27.9. The van der Waals surface area contributed by atoms with Gasteiger partial charge in [0.05, 0.1) is 28.6 Å². The van der Waals surface area contributed by atoms with E-state index >= 15 is 0 Å². The van der Waals surface area contributed by atoms with E-state index in [-0.39, 0.29) is 6.07 Å². The standard InChI is InChI=1S/C27H22ClN7O20S6/c28-25-31-26(33-27(32-25)30-17-9-12(10-20(23(17)37)59(46,47)48)56(38,39)8-7-55-61(52,53)54)29-16-6-5-13-14(24(16)60(49,50)51)11-19(58(43,44)45)21(22(13)36)35-34-15-3-1-2-4-18(15)57(40,41)42/h1-6,9-11,36-37H,7-8H2,(H,40,41,42)(H,43,44,45)(H,46,47,48)(H,49,50,51)(H,52,53,54)(H2,29,30,31,32,33). The van der Waals surface area contributed by atoms with Gasteiger partial charge in [-0.15, -0.1) is 10.2 Å². The van der Waals surface area contributed by atoms with E-state index in [1.54, 1.807) is 0 Å². The van der Waals surface area contributed by atoms with Gasteiger partial charge in [0.2, 0.25) is 17.2 Å². The van der Waals surface area contributed by atoms with E-state index in [2.05, 4.69) is 40.0 Å². The number of hydrogen-bond donors (Lipinski definition) is 9. The molecule has 0 aliphatic carbocycles. The Morgan fingerprint density at radius 3 is 1.74 bits per heavy atom. The number of hydrogen-bond acceptors (Lipinski definition) is 22. The molecule has 4 aromatic carbocycles. The number of phenolic OH excluding ortho intramolecular Hbond substituents is 2. The van der Waals surface area contributed by atoms with Crippen molar-refractivity contribution in [2.75, 3.05) is 23.0 Å². The van der Waals surface area contributed by atoms with Crippen LogP contribution in [-0.4, -0.2) is 111 Å². The monoisotopic (exact) mass is 991 g/mol. The number of benzene rings is 4. The molecule has 328 valence electrons. The van der Waals surface area contributed by atoms with Crippen molar-refractivity contribution >= 4 is 118 Å². The topological polar surface area (TPSA) is 443 Å². The molecule has 5 rings (SSSR count). The summed E-state index contributed by atoms with van der Waals surface area (Å²) >= 11 is 5.98. The Bertz CT molecular complexity index is 3370. The fourth-order valence-corrected chi connectivity index (χ4v) is 9.56. The van der Waals surface area contributed by atoms with Crippen LogP contribution < -0.4 is 10.6 Å². The van der Waals surface area contributed by atoms with Crippen molar-refractivity contribution in [3.05, 3.63) is 59.9 Å². The molecule has 0 aliphatic heterocycles. The predicted octanol–water partition coefficient (Wildman–Crippen LogP) is 2.57. The van der Waals surface area contributed by atoms with Gasteiger partial charge in [-0.05, 0) is 54.1 Å². The number of phenols is 2. The maximum Gasteiger partial charge on any atom is 0.397 e. The van der Waals surface area contributed by atoms with Crippen molar-refractivity contribution in [2.24, 2.45) is 10.2 Å². The van der Waals surface area contributed by atoms with Gasteiger partial charge in [0, 0.05) is 10.8 Å². The minimum absolute atomic E-state index is 0.280. The summed E-state index contributed by atoms with van der Waals surface area (Å²) in [5.41, 5.74) is -3.27. The number of sulfone groups is 1. The summed E-state index contributed by atoms with van der Waals surface area (Å²) in [6.45, 7) is -1.18. The lowest BCUT2D eigenvalue weighted by atomic mass is 10.1. The van der Waals surface area contributed by atoms with Gasteiger partial charge in [0.15, 0.2) is 21.3 Å². The summed E-state index contributed by atoms with van der Waals surface area (Å²) in [7, 11) is -31.2. The van der Waals surface area contributed by atoms with Crippen molar-refractivity contribution in [2.45, 2.75) is 24.5 Å². The quantitative estimate of drug-likeness (QED) is 0.0413. The second kappa shape index (κ2) is 16.5. The first kappa shape index (κ1) is 46.8. The molecule has 0 aliphatic rings. The maximum absolute atomic E-state index is 12.9. The highest BCUT2D eigenvalue weighted by Crippen LogP contribution is 2.45. The van der Waals surface area contributed by atoms with Gasteiger partial charge in [-0.25, -0.2) is 12.6 Å². The van der Waals surface area contributed by atoms with Gasteiger partial charge in [0.1, 0.15) is 31.0 Å². The molecule has 0 spiro atoms. The molecular formula is C27H22ClN7O20S6. The van der Waals surface area contributed by atoms with Crippen LogP contribution in [0, 0.1) is 0 Å². The molecule has 0 amide bonds. The number of halogens is 1.